The normalized spacial score (nSPS) is 9.95. The lowest BCUT2D eigenvalue weighted by Gasteiger charge is -2.12. The molecule has 0 saturated heterocycles. The molecule has 2 N–H and O–H groups in total. The highest BCUT2D eigenvalue weighted by molar-refractivity contribution is 9.10. The zero-order chi connectivity index (χ0) is 15.9. The number of benzene rings is 2. The molecule has 116 valence electrons. The number of aryl methyl sites for hydroxylation is 1. The van der Waals surface area contributed by atoms with E-state index in [-0.39, 0.29) is 12.8 Å². The number of anilines is 1. The lowest BCUT2D eigenvalue weighted by molar-refractivity contribution is 0.231. The summed E-state index contributed by atoms with van der Waals surface area (Å²) in [5, 5.41) is 5.40. The van der Waals surface area contributed by atoms with Crippen LogP contribution in [0, 0.1) is 6.92 Å². The van der Waals surface area contributed by atoms with Gasteiger partial charge in [0.05, 0.1) is 7.11 Å². The molecule has 0 saturated carbocycles. The van der Waals surface area contributed by atoms with Crippen LogP contribution in [0.25, 0.3) is 0 Å². The first-order valence-corrected chi connectivity index (χ1v) is 7.46. The molecule has 2 amide bonds. The zero-order valence-corrected chi connectivity index (χ0v) is 13.9. The number of rotatable bonds is 5. The second-order valence-corrected chi connectivity index (χ2v) is 5.45. The second-order valence-electron chi connectivity index (χ2n) is 4.53. The van der Waals surface area contributed by atoms with E-state index in [2.05, 4.69) is 26.6 Å². The Bertz CT molecular complexity index is 662. The van der Waals surface area contributed by atoms with Crippen LogP contribution in [0.3, 0.4) is 0 Å². The molecule has 5 nitrogen and oxygen atoms in total. The van der Waals surface area contributed by atoms with Gasteiger partial charge in [-0.15, -0.1) is 0 Å². The van der Waals surface area contributed by atoms with Gasteiger partial charge in [0.1, 0.15) is 0 Å². The van der Waals surface area contributed by atoms with Crippen molar-refractivity contribution >= 4 is 27.6 Å². The van der Waals surface area contributed by atoms with Gasteiger partial charge in [0.2, 0.25) is 0 Å². The van der Waals surface area contributed by atoms with Crippen LogP contribution in [0.2, 0.25) is 0 Å². The third kappa shape index (κ3) is 4.39. The Balaban J connectivity index is 1.85. The van der Waals surface area contributed by atoms with Gasteiger partial charge in [-0.05, 0) is 42.8 Å². The molecule has 0 aromatic heterocycles. The summed E-state index contributed by atoms with van der Waals surface area (Å²) in [5.41, 5.74) is 1.72. The highest BCUT2D eigenvalue weighted by Crippen LogP contribution is 2.25. The average molecular weight is 365 g/mol. The number of nitrogens with one attached hydrogen (secondary N) is 2. The zero-order valence-electron chi connectivity index (χ0n) is 12.4. The molecule has 2 rings (SSSR count). The first kappa shape index (κ1) is 16.2. The van der Waals surface area contributed by atoms with E-state index in [1.807, 2.05) is 37.3 Å². The fourth-order valence-electron chi connectivity index (χ4n) is 1.85. The number of urea groups is 1. The summed E-state index contributed by atoms with van der Waals surface area (Å²) in [6.45, 7) is 1.97. The van der Waals surface area contributed by atoms with Crippen LogP contribution in [0.1, 0.15) is 5.56 Å². The molecule has 0 unspecified atom stereocenters. The van der Waals surface area contributed by atoms with E-state index in [9.17, 15) is 4.79 Å². The van der Waals surface area contributed by atoms with Gasteiger partial charge < -0.3 is 20.1 Å². The molecule has 0 fully saturated rings. The van der Waals surface area contributed by atoms with Crippen LogP contribution in [0.15, 0.2) is 46.9 Å². The van der Waals surface area contributed by atoms with E-state index < -0.39 is 0 Å². The molecule has 0 aliphatic carbocycles. The van der Waals surface area contributed by atoms with Gasteiger partial charge in [0, 0.05) is 10.2 Å². The minimum atomic E-state index is -0.333. The molecule has 2 aromatic carbocycles. The maximum atomic E-state index is 11.8. The van der Waals surface area contributed by atoms with Crippen LogP contribution in [0.5, 0.6) is 11.5 Å². The number of carbonyl (C=O) groups excluding carboxylic acids is 1. The minimum Gasteiger partial charge on any atom is -0.493 e. The Kier molecular flexibility index (Phi) is 5.66. The minimum absolute atomic E-state index is 0.0434. The predicted octanol–water partition coefficient (Wildman–Crippen LogP) is 3.92. The van der Waals surface area contributed by atoms with Crippen molar-refractivity contribution < 1.29 is 14.3 Å². The van der Waals surface area contributed by atoms with Crippen molar-refractivity contribution in [1.29, 1.82) is 0 Å². The summed E-state index contributed by atoms with van der Waals surface area (Å²) in [5.74, 6) is 1.19. The third-order valence-corrected chi connectivity index (χ3v) is 3.46. The molecule has 0 aliphatic rings. The van der Waals surface area contributed by atoms with Gasteiger partial charge in [-0.2, -0.15) is 0 Å². The summed E-state index contributed by atoms with van der Waals surface area (Å²) in [7, 11) is 1.57. The van der Waals surface area contributed by atoms with Gasteiger partial charge in [-0.1, -0.05) is 28.1 Å². The van der Waals surface area contributed by atoms with Gasteiger partial charge in [-0.25, -0.2) is 4.79 Å². The molecule has 0 heterocycles. The van der Waals surface area contributed by atoms with Crippen molar-refractivity contribution in [2.24, 2.45) is 0 Å². The van der Waals surface area contributed by atoms with Crippen LogP contribution in [0.4, 0.5) is 10.5 Å². The first-order valence-electron chi connectivity index (χ1n) is 6.67. The first-order chi connectivity index (χ1) is 10.6. The summed E-state index contributed by atoms with van der Waals surface area (Å²) in [4.78, 5) is 11.8. The molecule has 0 spiro atoms. The number of hydrogen-bond donors (Lipinski definition) is 2. The van der Waals surface area contributed by atoms with Crippen molar-refractivity contribution in [3.63, 3.8) is 0 Å². The van der Waals surface area contributed by atoms with Crippen LogP contribution >= 0.6 is 15.9 Å². The van der Waals surface area contributed by atoms with Gasteiger partial charge in [-0.3, -0.25) is 0 Å². The highest BCUT2D eigenvalue weighted by Gasteiger charge is 2.06. The van der Waals surface area contributed by atoms with Gasteiger partial charge in [0.15, 0.2) is 18.2 Å². The van der Waals surface area contributed by atoms with Crippen molar-refractivity contribution in [3.8, 4) is 11.5 Å². The molecule has 22 heavy (non-hydrogen) atoms. The third-order valence-electron chi connectivity index (χ3n) is 2.97. The lowest BCUT2D eigenvalue weighted by atomic mass is 10.2. The highest BCUT2D eigenvalue weighted by atomic mass is 79.9. The summed E-state index contributed by atoms with van der Waals surface area (Å²) < 4.78 is 11.6. The number of hydrogen-bond acceptors (Lipinski definition) is 3. The number of halogens is 1. The smallest absolute Gasteiger partial charge is 0.321 e. The number of para-hydroxylation sites is 2. The quantitative estimate of drug-likeness (QED) is 0.790. The monoisotopic (exact) mass is 364 g/mol. The molecular weight excluding hydrogens is 348 g/mol. The second kappa shape index (κ2) is 7.70. The maximum Gasteiger partial charge on any atom is 0.321 e. The van der Waals surface area contributed by atoms with Crippen molar-refractivity contribution in [2.75, 3.05) is 19.2 Å². The number of methoxy groups -OCH3 is 1. The number of carbonyl (C=O) groups is 1. The Morgan fingerprint density at radius 2 is 1.91 bits per heavy atom. The molecule has 0 bridgehead atoms. The summed E-state index contributed by atoms with van der Waals surface area (Å²) in [6, 6.07) is 12.6. The van der Waals surface area contributed by atoms with Crippen molar-refractivity contribution in [1.82, 2.24) is 5.32 Å². The average Bonchev–Trinajstić information content (AvgIpc) is 2.50. The van der Waals surface area contributed by atoms with E-state index in [0.717, 1.165) is 15.7 Å². The molecule has 0 radical (unpaired) electrons. The Hall–Kier alpha value is -2.21. The maximum absolute atomic E-state index is 11.8. The van der Waals surface area contributed by atoms with Crippen molar-refractivity contribution in [2.45, 2.75) is 6.92 Å². The predicted molar refractivity (Wildman–Crippen MR) is 89.5 cm³/mol. The fraction of sp³-hybridized carbons (Fsp3) is 0.188. The van der Waals surface area contributed by atoms with E-state index in [4.69, 9.17) is 9.47 Å². The fourth-order valence-corrected chi connectivity index (χ4v) is 2.33. The number of ether oxygens (including phenoxy) is 2. The summed E-state index contributed by atoms with van der Waals surface area (Å²) >= 11 is 3.38. The standard InChI is InChI=1S/C16H17BrN2O3/c1-11-9-12(17)7-8-13(11)19-16(20)18-10-22-15-6-4-3-5-14(15)21-2/h3-9H,10H2,1-2H3,(H2,18,19,20). The van der Waals surface area contributed by atoms with Crippen LogP contribution in [-0.4, -0.2) is 19.9 Å². The van der Waals surface area contributed by atoms with Gasteiger partial charge in [0.25, 0.3) is 0 Å². The van der Waals surface area contributed by atoms with Gasteiger partial charge >= 0.3 is 6.03 Å². The topological polar surface area (TPSA) is 59.6 Å². The SMILES string of the molecule is COc1ccccc1OCNC(=O)Nc1ccc(Br)cc1C. The van der Waals surface area contributed by atoms with Crippen LogP contribution < -0.4 is 20.1 Å². The molecule has 2 aromatic rings. The number of amides is 2. The molecule has 6 heteroatoms. The van der Waals surface area contributed by atoms with Crippen molar-refractivity contribution in [3.05, 3.63) is 52.5 Å². The van der Waals surface area contributed by atoms with E-state index in [0.29, 0.717) is 11.5 Å². The summed E-state index contributed by atoms with van der Waals surface area (Å²) in [6.07, 6.45) is 0. The van der Waals surface area contributed by atoms with E-state index >= 15 is 0 Å². The molecule has 0 aliphatic heterocycles. The Morgan fingerprint density at radius 3 is 2.59 bits per heavy atom. The largest absolute Gasteiger partial charge is 0.493 e. The van der Waals surface area contributed by atoms with Crippen LogP contribution in [-0.2, 0) is 0 Å². The van der Waals surface area contributed by atoms with E-state index in [1.165, 1.54) is 0 Å². The Morgan fingerprint density at radius 1 is 1.18 bits per heavy atom. The lowest BCUT2D eigenvalue weighted by Crippen LogP contribution is -2.32. The molecule has 0 atom stereocenters. The molecular formula is C16H17BrN2O3. The Labute approximate surface area is 137 Å². The van der Waals surface area contributed by atoms with E-state index in [1.54, 1.807) is 19.2 Å².